The fraction of sp³-hybridized carbons (Fsp3) is 0.667. The largest absolute Gasteiger partial charge is 0.376 e. The lowest BCUT2D eigenvalue weighted by atomic mass is 9.98. The van der Waals surface area contributed by atoms with Crippen molar-refractivity contribution in [2.24, 2.45) is 0 Å². The number of hydrogen-bond donors (Lipinski definition) is 2. The van der Waals surface area contributed by atoms with Gasteiger partial charge in [0.2, 0.25) is 0 Å². The molecule has 1 saturated carbocycles. The maximum absolute atomic E-state index is 11.2. The number of rotatable bonds is 5. The van der Waals surface area contributed by atoms with Crippen LogP contribution in [0.2, 0.25) is 5.02 Å². The topological polar surface area (TPSA) is 67.0 Å². The summed E-state index contributed by atoms with van der Waals surface area (Å²) >= 11 is 5.81. The predicted octanol–water partition coefficient (Wildman–Crippen LogP) is 2.18. The highest BCUT2D eigenvalue weighted by atomic mass is 35.5. The van der Waals surface area contributed by atoms with Gasteiger partial charge in [0.25, 0.3) is 5.56 Å². The van der Waals surface area contributed by atoms with Crippen molar-refractivity contribution in [2.75, 3.05) is 18.5 Å². The van der Waals surface area contributed by atoms with E-state index in [9.17, 15) is 4.79 Å². The second-order valence-corrected chi connectivity index (χ2v) is 4.83. The lowest BCUT2D eigenvalue weighted by Gasteiger charge is -2.22. The van der Waals surface area contributed by atoms with E-state index in [1.54, 1.807) is 0 Å². The molecule has 0 bridgehead atoms. The van der Waals surface area contributed by atoms with Crippen LogP contribution in [0.4, 0.5) is 5.82 Å². The second kappa shape index (κ2) is 6.75. The minimum absolute atomic E-state index is 0.0927. The maximum Gasteiger partial charge on any atom is 0.271 e. The number of aromatic amines is 1. The van der Waals surface area contributed by atoms with Crippen molar-refractivity contribution in [1.82, 2.24) is 9.97 Å². The van der Waals surface area contributed by atoms with Crippen LogP contribution in [0.5, 0.6) is 0 Å². The average molecular weight is 272 g/mol. The van der Waals surface area contributed by atoms with Crippen molar-refractivity contribution in [1.29, 1.82) is 0 Å². The maximum atomic E-state index is 11.2. The lowest BCUT2D eigenvalue weighted by molar-refractivity contribution is 0.0347. The van der Waals surface area contributed by atoms with Gasteiger partial charge < -0.3 is 15.0 Å². The monoisotopic (exact) mass is 271 g/mol. The molecular weight excluding hydrogens is 254 g/mol. The first-order valence-electron chi connectivity index (χ1n) is 6.36. The van der Waals surface area contributed by atoms with E-state index in [2.05, 4.69) is 15.3 Å². The molecule has 1 aliphatic rings. The molecule has 0 aromatic carbocycles. The summed E-state index contributed by atoms with van der Waals surface area (Å²) < 4.78 is 5.76. The van der Waals surface area contributed by atoms with Gasteiger partial charge in [0, 0.05) is 6.54 Å². The van der Waals surface area contributed by atoms with Gasteiger partial charge in [-0.05, 0) is 12.8 Å². The van der Waals surface area contributed by atoms with Crippen LogP contribution in [0.15, 0.2) is 11.1 Å². The Balaban J connectivity index is 1.71. The summed E-state index contributed by atoms with van der Waals surface area (Å²) in [6, 6.07) is 0. The third kappa shape index (κ3) is 3.71. The Hall–Kier alpha value is -1.07. The first-order chi connectivity index (χ1) is 8.77. The number of hydrogen-bond acceptors (Lipinski definition) is 4. The van der Waals surface area contributed by atoms with Crippen molar-refractivity contribution in [3.05, 3.63) is 21.7 Å². The Labute approximate surface area is 111 Å². The molecule has 0 spiro atoms. The van der Waals surface area contributed by atoms with E-state index in [4.69, 9.17) is 16.3 Å². The number of aromatic nitrogens is 2. The minimum atomic E-state index is -0.331. The highest BCUT2D eigenvalue weighted by molar-refractivity contribution is 6.32. The van der Waals surface area contributed by atoms with Crippen molar-refractivity contribution in [2.45, 2.75) is 38.2 Å². The van der Waals surface area contributed by atoms with Gasteiger partial charge in [-0.3, -0.25) is 4.79 Å². The van der Waals surface area contributed by atoms with Crippen molar-refractivity contribution >= 4 is 17.4 Å². The van der Waals surface area contributed by atoms with E-state index in [1.807, 2.05) is 0 Å². The highest BCUT2D eigenvalue weighted by Gasteiger charge is 2.13. The van der Waals surface area contributed by atoms with Gasteiger partial charge in [0.15, 0.2) is 5.82 Å². The molecular formula is C12H18ClN3O2. The Kier molecular flexibility index (Phi) is 5.01. The molecule has 0 saturated heterocycles. The molecule has 1 heterocycles. The van der Waals surface area contributed by atoms with E-state index in [0.29, 0.717) is 25.1 Å². The first kappa shape index (κ1) is 13.4. The SMILES string of the molecule is O=c1[nH]cnc(NCCOC2CCCCC2)c1Cl. The second-order valence-electron chi connectivity index (χ2n) is 4.45. The molecule has 100 valence electrons. The molecule has 5 nitrogen and oxygen atoms in total. The van der Waals surface area contributed by atoms with Gasteiger partial charge in [-0.2, -0.15) is 0 Å². The zero-order chi connectivity index (χ0) is 12.8. The van der Waals surface area contributed by atoms with Crippen LogP contribution < -0.4 is 10.9 Å². The number of H-pyrrole nitrogens is 1. The van der Waals surface area contributed by atoms with Gasteiger partial charge in [-0.15, -0.1) is 0 Å². The van der Waals surface area contributed by atoms with E-state index < -0.39 is 0 Å². The van der Waals surface area contributed by atoms with Crippen molar-refractivity contribution in [3.8, 4) is 0 Å². The first-order valence-corrected chi connectivity index (χ1v) is 6.74. The van der Waals surface area contributed by atoms with Gasteiger partial charge in [-0.25, -0.2) is 4.98 Å². The molecule has 2 rings (SSSR count). The fourth-order valence-electron chi connectivity index (χ4n) is 2.13. The van der Waals surface area contributed by atoms with Crippen molar-refractivity contribution in [3.63, 3.8) is 0 Å². The van der Waals surface area contributed by atoms with Crippen LogP contribution in [0, 0.1) is 0 Å². The summed E-state index contributed by atoms with van der Waals surface area (Å²) in [7, 11) is 0. The van der Waals surface area contributed by atoms with Crippen LogP contribution in [-0.4, -0.2) is 29.2 Å². The Morgan fingerprint density at radius 3 is 3.00 bits per heavy atom. The van der Waals surface area contributed by atoms with Crippen LogP contribution in [-0.2, 0) is 4.74 Å². The summed E-state index contributed by atoms with van der Waals surface area (Å²) in [5.41, 5.74) is -0.331. The predicted molar refractivity (Wildman–Crippen MR) is 71.2 cm³/mol. The Bertz CT molecular complexity index is 430. The Morgan fingerprint density at radius 1 is 1.44 bits per heavy atom. The third-order valence-corrected chi connectivity index (χ3v) is 3.45. The number of ether oxygens (including phenoxy) is 1. The lowest BCUT2D eigenvalue weighted by Crippen LogP contribution is -2.21. The molecule has 6 heteroatoms. The standard InChI is InChI=1S/C12H18ClN3O2/c13-10-11(15-8-16-12(10)17)14-6-7-18-9-4-2-1-3-5-9/h8-9H,1-7H2,(H2,14,15,16,17). The van der Waals surface area contributed by atoms with E-state index in [0.717, 1.165) is 12.8 Å². The third-order valence-electron chi connectivity index (χ3n) is 3.10. The smallest absolute Gasteiger partial charge is 0.271 e. The minimum Gasteiger partial charge on any atom is -0.376 e. The number of halogens is 1. The van der Waals surface area contributed by atoms with Gasteiger partial charge in [0.1, 0.15) is 5.02 Å². The molecule has 1 aromatic rings. The quantitative estimate of drug-likeness (QED) is 0.806. The summed E-state index contributed by atoms with van der Waals surface area (Å²) in [5, 5.41) is 3.10. The Morgan fingerprint density at radius 2 is 2.22 bits per heavy atom. The van der Waals surface area contributed by atoms with Gasteiger partial charge >= 0.3 is 0 Å². The van der Waals surface area contributed by atoms with E-state index >= 15 is 0 Å². The number of nitrogens with zero attached hydrogens (tertiary/aromatic N) is 1. The van der Waals surface area contributed by atoms with E-state index in [1.165, 1.54) is 25.6 Å². The summed E-state index contributed by atoms with van der Waals surface area (Å²) in [4.78, 5) is 17.6. The molecule has 18 heavy (non-hydrogen) atoms. The molecule has 0 amide bonds. The molecule has 0 radical (unpaired) electrons. The van der Waals surface area contributed by atoms with Crippen LogP contribution in [0.3, 0.4) is 0 Å². The van der Waals surface area contributed by atoms with Gasteiger partial charge in [0.05, 0.1) is 19.0 Å². The summed E-state index contributed by atoms with van der Waals surface area (Å²) in [6.45, 7) is 1.21. The highest BCUT2D eigenvalue weighted by Crippen LogP contribution is 2.20. The molecule has 1 aromatic heterocycles. The van der Waals surface area contributed by atoms with Crippen LogP contribution >= 0.6 is 11.6 Å². The van der Waals surface area contributed by atoms with Crippen LogP contribution in [0.1, 0.15) is 32.1 Å². The average Bonchev–Trinajstić information content (AvgIpc) is 2.40. The van der Waals surface area contributed by atoms with Crippen LogP contribution in [0.25, 0.3) is 0 Å². The molecule has 0 aliphatic heterocycles. The summed E-state index contributed by atoms with van der Waals surface area (Å²) in [6.07, 6.45) is 7.89. The number of nitrogens with one attached hydrogen (secondary N) is 2. The zero-order valence-corrected chi connectivity index (χ0v) is 11.0. The van der Waals surface area contributed by atoms with E-state index in [-0.39, 0.29) is 10.6 Å². The normalized spacial score (nSPS) is 16.7. The molecule has 1 fully saturated rings. The van der Waals surface area contributed by atoms with Crippen molar-refractivity contribution < 1.29 is 4.74 Å². The molecule has 1 aliphatic carbocycles. The summed E-state index contributed by atoms with van der Waals surface area (Å²) in [5.74, 6) is 0.410. The molecule has 0 atom stereocenters. The molecule has 2 N–H and O–H groups in total. The van der Waals surface area contributed by atoms with Gasteiger partial charge in [-0.1, -0.05) is 30.9 Å². The molecule has 0 unspecified atom stereocenters. The fourth-order valence-corrected chi connectivity index (χ4v) is 2.30. The number of anilines is 1. The zero-order valence-electron chi connectivity index (χ0n) is 10.2.